The van der Waals surface area contributed by atoms with Crippen molar-refractivity contribution >= 4 is 21.8 Å². The van der Waals surface area contributed by atoms with Crippen LogP contribution in [0.5, 0.6) is 17.2 Å². The molecule has 7 aromatic rings. The zero-order valence-corrected chi connectivity index (χ0v) is 27.0. The second-order valence-electron chi connectivity index (χ2n) is 12.3. The maximum atomic E-state index is 6.49. The van der Waals surface area contributed by atoms with Gasteiger partial charge >= 0.3 is 0 Å². The number of nitrogens with zero attached hydrogens (tertiary/aromatic N) is 4. The summed E-state index contributed by atoms with van der Waals surface area (Å²) in [6, 6.07) is 31.3. The summed E-state index contributed by atoms with van der Waals surface area (Å²) in [5, 5.41) is 7.06. The van der Waals surface area contributed by atoms with E-state index >= 15 is 0 Å². The maximum absolute atomic E-state index is 6.49. The first-order chi connectivity index (χ1) is 22.4. The maximum Gasteiger partial charge on any atom is 0.137 e. The van der Waals surface area contributed by atoms with Crippen LogP contribution in [0.3, 0.4) is 0 Å². The van der Waals surface area contributed by atoms with Gasteiger partial charge in [-0.05, 0) is 110 Å². The summed E-state index contributed by atoms with van der Waals surface area (Å²) in [5.41, 5.74) is 8.95. The van der Waals surface area contributed by atoms with Gasteiger partial charge in [0.1, 0.15) is 23.1 Å². The number of fused-ring (bicyclic) bond motifs is 3. The van der Waals surface area contributed by atoms with Crippen LogP contribution in [0.1, 0.15) is 37.5 Å². The summed E-state index contributed by atoms with van der Waals surface area (Å²) in [7, 11) is 0. The van der Waals surface area contributed by atoms with Crippen molar-refractivity contribution in [2.45, 2.75) is 41.0 Å². The van der Waals surface area contributed by atoms with Crippen molar-refractivity contribution in [1.29, 1.82) is 0 Å². The van der Waals surface area contributed by atoms with Crippen molar-refractivity contribution < 1.29 is 9.47 Å². The second-order valence-corrected chi connectivity index (χ2v) is 12.3. The van der Waals surface area contributed by atoms with Gasteiger partial charge in [-0.3, -0.25) is 4.57 Å². The number of aromatic nitrogens is 4. The predicted octanol–water partition coefficient (Wildman–Crippen LogP) is 10.0. The molecular weight excluding hydrogens is 568 g/mol. The monoisotopic (exact) mass is 606 g/mol. The third-order valence-corrected chi connectivity index (χ3v) is 8.33. The van der Waals surface area contributed by atoms with Crippen molar-refractivity contribution in [3.05, 3.63) is 126 Å². The molecule has 6 heteroatoms. The Morgan fingerprint density at radius 3 is 2.35 bits per heavy atom. The number of aryl methyl sites for hydroxylation is 2. The van der Waals surface area contributed by atoms with Gasteiger partial charge in [-0.15, -0.1) is 0 Å². The molecule has 46 heavy (non-hydrogen) atoms. The number of ether oxygens (including phenoxy) is 2. The summed E-state index contributed by atoms with van der Waals surface area (Å²) in [6.07, 6.45) is 6.91. The number of hydrogen-bond acceptors (Lipinski definition) is 4. The molecule has 0 atom stereocenters. The molecule has 0 aliphatic heterocycles. The lowest BCUT2D eigenvalue weighted by atomic mass is 9.98. The summed E-state index contributed by atoms with van der Waals surface area (Å²) >= 11 is 0. The SMILES string of the molecule is CCOc1cc(C)c(-c2cnn(-c3cccc(Oc4ccc5c6ccccc6n(-c6cc(CC(C)C)ccn6)c5c4)c3)c2)c(C)c1. The largest absolute Gasteiger partial charge is 0.494 e. The zero-order valence-electron chi connectivity index (χ0n) is 27.0. The Kier molecular flexibility index (Phi) is 7.79. The molecule has 0 spiro atoms. The Hall–Kier alpha value is -5.36. The average Bonchev–Trinajstić information content (AvgIpc) is 3.64. The minimum atomic E-state index is 0.568. The van der Waals surface area contributed by atoms with Crippen LogP contribution in [0.25, 0.3) is 44.4 Å². The highest BCUT2D eigenvalue weighted by atomic mass is 16.5. The fourth-order valence-corrected chi connectivity index (χ4v) is 6.49. The molecular formula is C40H38N4O2. The van der Waals surface area contributed by atoms with Gasteiger partial charge in [0.2, 0.25) is 0 Å². The highest BCUT2D eigenvalue weighted by Crippen LogP contribution is 2.36. The molecule has 0 fully saturated rings. The molecule has 7 rings (SSSR count). The highest BCUT2D eigenvalue weighted by Gasteiger charge is 2.16. The molecule has 0 amide bonds. The van der Waals surface area contributed by atoms with E-state index in [0.29, 0.717) is 12.5 Å². The van der Waals surface area contributed by atoms with Crippen LogP contribution >= 0.6 is 0 Å². The first-order valence-electron chi connectivity index (χ1n) is 15.9. The van der Waals surface area contributed by atoms with Gasteiger partial charge in [-0.1, -0.05) is 38.1 Å². The van der Waals surface area contributed by atoms with E-state index in [1.807, 2.05) is 54.3 Å². The first kappa shape index (κ1) is 29.4. The van der Waals surface area contributed by atoms with Gasteiger partial charge in [-0.25, -0.2) is 9.67 Å². The van der Waals surface area contributed by atoms with Crippen molar-refractivity contribution in [3.63, 3.8) is 0 Å². The normalized spacial score (nSPS) is 11.5. The van der Waals surface area contributed by atoms with E-state index in [9.17, 15) is 0 Å². The number of hydrogen-bond donors (Lipinski definition) is 0. The van der Waals surface area contributed by atoms with E-state index in [4.69, 9.17) is 19.6 Å². The molecule has 0 saturated heterocycles. The smallest absolute Gasteiger partial charge is 0.137 e. The van der Waals surface area contributed by atoms with E-state index < -0.39 is 0 Å². The molecule has 0 aliphatic rings. The third-order valence-electron chi connectivity index (χ3n) is 8.33. The quantitative estimate of drug-likeness (QED) is 0.164. The minimum Gasteiger partial charge on any atom is -0.494 e. The van der Waals surface area contributed by atoms with Gasteiger partial charge in [0, 0.05) is 40.9 Å². The zero-order chi connectivity index (χ0) is 31.8. The molecule has 230 valence electrons. The molecule has 0 radical (unpaired) electrons. The van der Waals surface area contributed by atoms with E-state index in [1.54, 1.807) is 0 Å². The minimum absolute atomic E-state index is 0.568. The van der Waals surface area contributed by atoms with Crippen molar-refractivity contribution in [2.75, 3.05) is 6.61 Å². The van der Waals surface area contributed by atoms with Gasteiger partial charge < -0.3 is 9.47 Å². The van der Waals surface area contributed by atoms with E-state index in [1.165, 1.54) is 16.5 Å². The molecule has 0 aliphatic carbocycles. The van der Waals surface area contributed by atoms with Gasteiger partial charge in [0.05, 0.1) is 29.5 Å². The number of para-hydroxylation sites is 1. The summed E-state index contributed by atoms with van der Waals surface area (Å²) in [5.74, 6) is 3.87. The fourth-order valence-electron chi connectivity index (χ4n) is 6.49. The summed E-state index contributed by atoms with van der Waals surface area (Å²) in [4.78, 5) is 4.80. The van der Waals surface area contributed by atoms with Crippen LogP contribution in [0.15, 0.2) is 110 Å². The van der Waals surface area contributed by atoms with Crippen LogP contribution in [0, 0.1) is 19.8 Å². The Balaban J connectivity index is 1.22. The van der Waals surface area contributed by atoms with Crippen LogP contribution in [-0.4, -0.2) is 25.9 Å². The molecule has 0 bridgehead atoms. The first-order valence-corrected chi connectivity index (χ1v) is 15.9. The van der Waals surface area contributed by atoms with Gasteiger partial charge in [0.15, 0.2) is 0 Å². The number of rotatable bonds is 9. The Labute approximate surface area is 269 Å². The molecule has 0 N–H and O–H groups in total. The van der Waals surface area contributed by atoms with Crippen molar-refractivity contribution in [3.8, 4) is 39.9 Å². The standard InChI is InChI=1S/C40H38N4O2/c1-6-45-34-19-27(4)40(28(5)20-34)30-24-42-43(25-30)31-10-9-11-32(22-31)46-33-14-15-36-35-12-7-8-13-37(35)44(38(36)23-33)39-21-29(16-17-41-39)18-26(2)3/h7-17,19-26H,6,18H2,1-5H3. The van der Waals surface area contributed by atoms with E-state index in [0.717, 1.165) is 68.3 Å². The van der Waals surface area contributed by atoms with Crippen molar-refractivity contribution in [2.24, 2.45) is 5.92 Å². The van der Waals surface area contributed by atoms with Gasteiger partial charge in [0.25, 0.3) is 0 Å². The lowest BCUT2D eigenvalue weighted by molar-refractivity contribution is 0.340. The highest BCUT2D eigenvalue weighted by molar-refractivity contribution is 6.09. The van der Waals surface area contributed by atoms with Crippen LogP contribution in [0.4, 0.5) is 0 Å². The van der Waals surface area contributed by atoms with Crippen molar-refractivity contribution in [1.82, 2.24) is 19.3 Å². The molecule has 0 saturated carbocycles. The van der Waals surface area contributed by atoms with E-state index in [2.05, 4.69) is 99.1 Å². The molecule has 3 aromatic heterocycles. The second kappa shape index (κ2) is 12.2. The van der Waals surface area contributed by atoms with Crippen LogP contribution in [0.2, 0.25) is 0 Å². The average molecular weight is 607 g/mol. The van der Waals surface area contributed by atoms with Crippen LogP contribution in [-0.2, 0) is 6.42 Å². The summed E-state index contributed by atoms with van der Waals surface area (Å²) < 4.78 is 16.4. The lowest BCUT2D eigenvalue weighted by Crippen LogP contribution is -2.01. The fraction of sp³-hybridized carbons (Fsp3) is 0.200. The van der Waals surface area contributed by atoms with E-state index in [-0.39, 0.29) is 0 Å². The van der Waals surface area contributed by atoms with Crippen LogP contribution < -0.4 is 9.47 Å². The molecule has 0 unspecified atom stereocenters. The van der Waals surface area contributed by atoms with Gasteiger partial charge in [-0.2, -0.15) is 5.10 Å². The Morgan fingerprint density at radius 1 is 0.761 bits per heavy atom. The number of benzene rings is 4. The Bertz CT molecular complexity index is 2170. The number of pyridine rings is 1. The lowest BCUT2D eigenvalue weighted by Gasteiger charge is -2.12. The molecule has 4 aromatic carbocycles. The molecule has 3 heterocycles. The summed E-state index contributed by atoms with van der Waals surface area (Å²) in [6.45, 7) is 11.4. The topological polar surface area (TPSA) is 54.1 Å². The third kappa shape index (κ3) is 5.63. The Morgan fingerprint density at radius 2 is 1.54 bits per heavy atom. The predicted molar refractivity (Wildman–Crippen MR) is 187 cm³/mol. The molecule has 6 nitrogen and oxygen atoms in total.